The third-order valence-electron chi connectivity index (χ3n) is 16.8. The van der Waals surface area contributed by atoms with Gasteiger partial charge in [-0.15, -0.1) is 0 Å². The van der Waals surface area contributed by atoms with Gasteiger partial charge in [0.1, 0.15) is 42.7 Å². The van der Waals surface area contributed by atoms with Crippen LogP contribution in [0.5, 0.6) is 0 Å². The lowest BCUT2D eigenvalue weighted by Crippen LogP contribution is -2.68. The Labute approximate surface area is 338 Å². The lowest BCUT2D eigenvalue weighted by Gasteiger charge is -2.70. The molecular formula is C42H64O16. The highest BCUT2D eigenvalue weighted by atomic mass is 16.7. The van der Waals surface area contributed by atoms with Crippen LogP contribution in [0.3, 0.4) is 0 Å². The molecule has 0 aromatic carbocycles. The van der Waals surface area contributed by atoms with Gasteiger partial charge < -0.3 is 69.6 Å². The zero-order valence-electron chi connectivity index (χ0n) is 34.3. The van der Waals surface area contributed by atoms with Crippen LogP contribution in [-0.4, -0.2) is 152 Å². The van der Waals surface area contributed by atoms with Crippen molar-refractivity contribution in [3.63, 3.8) is 0 Å². The molecule has 16 heteroatoms. The molecule has 2 saturated heterocycles. The number of hydrogen-bond donors (Lipinski definition) is 9. The standard InChI is InChI=1S/C42H64O16/c1-37(36(53)54-6)11-13-42(35(51)52)14-12-40(4)20(21(42)15-37)7-8-26-38(2)16-22(45)32(39(3,19-44)25(38)9-10-41(26,40)5)58-33-30(49)28(47)24(18-55-33)57-34-31(50)29(48)27(46)23(17-43)56-34/h7-8,22-34,43-50H,9-19H2,1-6H3,(H,51,52)/t22-,23+,24+,25+,26+,27+,28-,29-,30+,31+,32-,33-,34-,37-,38-,39-,40+,41+,42-/m0/s1. The van der Waals surface area contributed by atoms with Crippen molar-refractivity contribution in [2.45, 2.75) is 154 Å². The van der Waals surface area contributed by atoms with Crippen LogP contribution >= 0.6 is 0 Å². The van der Waals surface area contributed by atoms with E-state index in [1.807, 2.05) is 13.8 Å². The van der Waals surface area contributed by atoms with Crippen LogP contribution in [0.4, 0.5) is 0 Å². The van der Waals surface area contributed by atoms with Gasteiger partial charge in [-0.05, 0) is 97.5 Å². The van der Waals surface area contributed by atoms with Crippen molar-refractivity contribution in [3.8, 4) is 0 Å². The van der Waals surface area contributed by atoms with Gasteiger partial charge in [-0.1, -0.05) is 39.8 Å². The fourth-order valence-electron chi connectivity index (χ4n) is 13.1. The topological polar surface area (TPSA) is 262 Å². The largest absolute Gasteiger partial charge is 0.481 e. The van der Waals surface area contributed by atoms with Gasteiger partial charge in [-0.2, -0.15) is 0 Å². The van der Waals surface area contributed by atoms with Crippen molar-refractivity contribution in [2.24, 2.45) is 44.3 Å². The molecule has 7 rings (SSSR count). The summed E-state index contributed by atoms with van der Waals surface area (Å²) in [6.07, 6.45) is -8.07. The second-order valence-electron chi connectivity index (χ2n) is 19.7. The van der Waals surface area contributed by atoms with Gasteiger partial charge in [0.15, 0.2) is 12.6 Å². The number of hydrogen-bond acceptors (Lipinski definition) is 15. The number of fused-ring (bicyclic) bond motifs is 6. The number of carboxylic acids is 1. The molecule has 0 aromatic heterocycles. The molecule has 2 heterocycles. The highest BCUT2D eigenvalue weighted by molar-refractivity contribution is 5.83. The summed E-state index contributed by atoms with van der Waals surface area (Å²) >= 11 is 0. The maximum atomic E-state index is 13.1. The number of carbonyl (C=O) groups excluding carboxylic acids is 1. The predicted molar refractivity (Wildman–Crippen MR) is 201 cm³/mol. The minimum atomic E-state index is -1.73. The number of aliphatic hydroxyl groups is 8. The molecule has 0 unspecified atom stereocenters. The normalized spacial score (nSPS) is 52.8. The van der Waals surface area contributed by atoms with E-state index in [0.717, 1.165) is 17.6 Å². The van der Waals surface area contributed by atoms with E-state index in [9.17, 15) is 55.5 Å². The molecule has 0 radical (unpaired) electrons. The summed E-state index contributed by atoms with van der Waals surface area (Å²) < 4.78 is 28.5. The first-order valence-electron chi connectivity index (χ1n) is 20.7. The second kappa shape index (κ2) is 15.1. The average molecular weight is 825 g/mol. The monoisotopic (exact) mass is 824 g/mol. The summed E-state index contributed by atoms with van der Waals surface area (Å²) in [5, 5.41) is 96.7. The molecular weight excluding hydrogens is 760 g/mol. The summed E-state index contributed by atoms with van der Waals surface area (Å²) in [6, 6.07) is 0. The van der Waals surface area contributed by atoms with E-state index < -0.39 is 107 Å². The minimum Gasteiger partial charge on any atom is -0.481 e. The Bertz CT molecular complexity index is 1670. The maximum Gasteiger partial charge on any atom is 0.313 e. The van der Waals surface area contributed by atoms with Crippen LogP contribution in [0.25, 0.3) is 0 Å². The lowest BCUT2D eigenvalue weighted by molar-refractivity contribution is -0.357. The molecule has 0 aromatic rings. The third-order valence-corrected chi connectivity index (χ3v) is 16.8. The van der Waals surface area contributed by atoms with E-state index in [2.05, 4.69) is 32.9 Å². The molecule has 3 saturated carbocycles. The molecule has 9 N–H and O–H groups in total. The van der Waals surface area contributed by atoms with Crippen molar-refractivity contribution < 1.29 is 79.2 Å². The molecule has 19 atom stereocenters. The maximum absolute atomic E-state index is 13.1. The Morgan fingerprint density at radius 1 is 0.845 bits per heavy atom. The second-order valence-corrected chi connectivity index (χ2v) is 19.7. The van der Waals surface area contributed by atoms with Gasteiger partial charge in [0.25, 0.3) is 0 Å². The van der Waals surface area contributed by atoms with Crippen LogP contribution in [0.15, 0.2) is 23.3 Å². The summed E-state index contributed by atoms with van der Waals surface area (Å²) in [6.45, 7) is 8.96. The number of carbonyl (C=O) groups is 2. The van der Waals surface area contributed by atoms with Gasteiger partial charge in [0.05, 0.1) is 50.0 Å². The fourth-order valence-corrected chi connectivity index (χ4v) is 13.1. The molecule has 328 valence electrons. The number of esters is 1. The quantitative estimate of drug-likeness (QED) is 0.120. The SMILES string of the molecule is COC(=O)[C@@]1(C)CC[C@]2(C(=O)O)CC[C@]3(C)C(=C2C1)C=C[C@@H]1[C@@]2(C)C[C@H](O)[C@H](O[C@@H]4OC[C@@H](O[C@@H]5O[C@H](CO)[C@@H](O)[C@H](O)[C@H]5O)[C@H](O)[C@H]4O)[C@@](C)(CO)[C@@H]2CC[C@]13C. The number of allylic oxidation sites excluding steroid dienone is 3. The van der Waals surface area contributed by atoms with Crippen LogP contribution in [-0.2, 0) is 33.3 Å². The molecule has 5 aliphatic carbocycles. The van der Waals surface area contributed by atoms with E-state index >= 15 is 0 Å². The van der Waals surface area contributed by atoms with Gasteiger partial charge in [0.2, 0.25) is 0 Å². The first-order chi connectivity index (χ1) is 27.1. The highest BCUT2D eigenvalue weighted by Crippen LogP contribution is 2.74. The Hall–Kier alpha value is -2.06. The highest BCUT2D eigenvalue weighted by Gasteiger charge is 2.70. The van der Waals surface area contributed by atoms with Crippen molar-refractivity contribution >= 4 is 11.9 Å². The first kappa shape index (κ1) is 44.0. The number of aliphatic hydroxyl groups excluding tert-OH is 8. The molecule has 0 bridgehead atoms. The third kappa shape index (κ3) is 6.22. The number of aliphatic carboxylic acids is 1. The number of ether oxygens (including phenoxy) is 5. The van der Waals surface area contributed by atoms with E-state index in [-0.39, 0.29) is 42.9 Å². The van der Waals surface area contributed by atoms with Gasteiger partial charge in [-0.25, -0.2) is 0 Å². The molecule has 0 amide bonds. The Kier molecular flexibility index (Phi) is 11.4. The zero-order chi connectivity index (χ0) is 42.5. The number of carboxylic acid groups (broad SMARTS) is 1. The van der Waals surface area contributed by atoms with Crippen LogP contribution < -0.4 is 0 Å². The van der Waals surface area contributed by atoms with Crippen molar-refractivity contribution in [1.82, 2.24) is 0 Å². The smallest absolute Gasteiger partial charge is 0.313 e. The molecule has 16 nitrogen and oxygen atoms in total. The van der Waals surface area contributed by atoms with Gasteiger partial charge in [-0.3, -0.25) is 9.59 Å². The van der Waals surface area contributed by atoms with Gasteiger partial charge in [0, 0.05) is 5.41 Å². The van der Waals surface area contributed by atoms with E-state index in [1.165, 1.54) is 7.11 Å². The molecule has 2 aliphatic heterocycles. The molecule has 0 spiro atoms. The Balaban J connectivity index is 1.14. The van der Waals surface area contributed by atoms with E-state index in [0.29, 0.717) is 38.5 Å². The predicted octanol–water partition coefficient (Wildman–Crippen LogP) is 0.538. The zero-order valence-corrected chi connectivity index (χ0v) is 34.3. The Morgan fingerprint density at radius 3 is 2.16 bits per heavy atom. The molecule has 5 fully saturated rings. The molecule has 7 aliphatic rings. The number of rotatable bonds is 8. The van der Waals surface area contributed by atoms with E-state index in [4.69, 9.17) is 23.7 Å². The number of methoxy groups -OCH3 is 1. The first-order valence-corrected chi connectivity index (χ1v) is 20.7. The van der Waals surface area contributed by atoms with Crippen LogP contribution in [0, 0.1) is 44.3 Å². The summed E-state index contributed by atoms with van der Waals surface area (Å²) in [7, 11) is 1.37. The van der Waals surface area contributed by atoms with Crippen molar-refractivity contribution in [2.75, 3.05) is 26.9 Å². The minimum absolute atomic E-state index is 0.0962. The Morgan fingerprint density at radius 2 is 1.52 bits per heavy atom. The average Bonchev–Trinajstić information content (AvgIpc) is 3.18. The van der Waals surface area contributed by atoms with Crippen LogP contribution in [0.1, 0.15) is 86.0 Å². The van der Waals surface area contributed by atoms with Crippen molar-refractivity contribution in [3.05, 3.63) is 23.3 Å². The lowest BCUT2D eigenvalue weighted by atomic mass is 9.35. The summed E-state index contributed by atoms with van der Waals surface area (Å²) in [4.78, 5) is 26.2. The summed E-state index contributed by atoms with van der Waals surface area (Å²) in [5.74, 6) is -1.49. The van der Waals surface area contributed by atoms with Crippen LogP contribution in [0.2, 0.25) is 0 Å². The molecule has 58 heavy (non-hydrogen) atoms. The van der Waals surface area contributed by atoms with Gasteiger partial charge >= 0.3 is 11.9 Å². The summed E-state index contributed by atoms with van der Waals surface area (Å²) in [5.41, 5.74) is -2.58. The van der Waals surface area contributed by atoms with Crippen molar-refractivity contribution in [1.29, 1.82) is 0 Å². The van der Waals surface area contributed by atoms with E-state index in [1.54, 1.807) is 0 Å². The fraction of sp³-hybridized carbons (Fsp3) is 0.857.